The van der Waals surface area contributed by atoms with Gasteiger partial charge in [-0.3, -0.25) is 14.5 Å². The van der Waals surface area contributed by atoms with Crippen molar-refractivity contribution in [2.75, 3.05) is 0 Å². The molecule has 0 saturated heterocycles. The van der Waals surface area contributed by atoms with Crippen LogP contribution in [0.1, 0.15) is 0 Å². The molecule has 0 N–H and O–H groups in total. The topological polar surface area (TPSA) is 43.6 Å². The Hall–Kier alpha value is -3.83. The van der Waals surface area contributed by atoms with Gasteiger partial charge in [0.25, 0.3) is 0 Å². The molecule has 0 aliphatic rings. The van der Waals surface area contributed by atoms with Gasteiger partial charge < -0.3 is 0 Å². The normalized spacial score (nSPS) is 12.0. The summed E-state index contributed by atoms with van der Waals surface area (Å²) in [7, 11) is 0. The summed E-state index contributed by atoms with van der Waals surface area (Å²) in [6.45, 7) is 0. The van der Waals surface area contributed by atoms with E-state index in [1.807, 2.05) is 48.1 Å². The van der Waals surface area contributed by atoms with Gasteiger partial charge in [-0.25, -0.2) is 4.98 Å². The van der Waals surface area contributed by atoms with Crippen LogP contribution in [0.4, 0.5) is 0 Å². The number of aromatic nitrogens is 4. The monoisotopic (exact) mass is 402 g/mol. The van der Waals surface area contributed by atoms with Crippen molar-refractivity contribution in [3.05, 3.63) is 85.3 Å². The van der Waals surface area contributed by atoms with E-state index in [0.717, 1.165) is 38.7 Å². The van der Waals surface area contributed by atoms with Gasteiger partial charge >= 0.3 is 0 Å². The second kappa shape index (κ2) is 5.84. The van der Waals surface area contributed by atoms with Gasteiger partial charge in [0, 0.05) is 49.5 Å². The molecule has 30 heavy (non-hydrogen) atoms. The maximum Gasteiger partial charge on any atom is 0.147 e. The van der Waals surface area contributed by atoms with E-state index < -0.39 is 0 Å². The number of thiophene rings is 1. The first-order valence-corrected chi connectivity index (χ1v) is 10.6. The largest absolute Gasteiger partial charge is 0.291 e. The second-order valence-corrected chi connectivity index (χ2v) is 8.43. The highest BCUT2D eigenvalue weighted by Crippen LogP contribution is 2.42. The first-order valence-electron chi connectivity index (χ1n) is 9.80. The minimum atomic E-state index is 0.886. The molecule has 7 aromatic rings. The summed E-state index contributed by atoms with van der Waals surface area (Å²) in [5, 5.41) is 4.70. The molecule has 2 aromatic carbocycles. The zero-order valence-electron chi connectivity index (χ0n) is 15.8. The van der Waals surface area contributed by atoms with Crippen LogP contribution in [0.25, 0.3) is 58.8 Å². The molecule has 0 amide bonds. The molecule has 5 aromatic heterocycles. The number of fused-ring (bicyclic) bond motifs is 8. The van der Waals surface area contributed by atoms with Gasteiger partial charge in [0.15, 0.2) is 0 Å². The first kappa shape index (κ1) is 16.0. The first-order chi connectivity index (χ1) is 14.9. The minimum absolute atomic E-state index is 0.886. The number of benzene rings is 2. The molecule has 5 heteroatoms. The van der Waals surface area contributed by atoms with E-state index >= 15 is 0 Å². The summed E-state index contributed by atoms with van der Waals surface area (Å²) in [6.07, 6.45) is 5.52. The number of hydrogen-bond donors (Lipinski definition) is 0. The van der Waals surface area contributed by atoms with Crippen LogP contribution < -0.4 is 0 Å². The smallest absolute Gasteiger partial charge is 0.147 e. The molecule has 0 aliphatic carbocycles. The highest BCUT2D eigenvalue weighted by atomic mass is 32.1. The van der Waals surface area contributed by atoms with Gasteiger partial charge in [0.1, 0.15) is 5.82 Å². The summed E-state index contributed by atoms with van der Waals surface area (Å²) in [5.41, 5.74) is 4.14. The molecule has 0 aliphatic heterocycles. The zero-order chi connectivity index (χ0) is 19.7. The third-order valence-corrected chi connectivity index (χ3v) is 6.88. The third-order valence-electron chi connectivity index (χ3n) is 5.74. The predicted molar refractivity (Wildman–Crippen MR) is 125 cm³/mol. The summed E-state index contributed by atoms with van der Waals surface area (Å²) in [4.78, 5) is 14.1. The van der Waals surface area contributed by atoms with E-state index in [-0.39, 0.29) is 0 Å². The van der Waals surface area contributed by atoms with E-state index in [9.17, 15) is 0 Å². The Kier molecular flexibility index (Phi) is 3.12. The Labute approximate surface area is 175 Å². The van der Waals surface area contributed by atoms with Gasteiger partial charge in [-0.15, -0.1) is 11.3 Å². The van der Waals surface area contributed by atoms with Crippen LogP contribution in [-0.2, 0) is 0 Å². The average Bonchev–Trinajstić information content (AvgIpc) is 3.34. The Morgan fingerprint density at radius 1 is 0.633 bits per heavy atom. The van der Waals surface area contributed by atoms with E-state index in [0.29, 0.717) is 0 Å². The zero-order valence-corrected chi connectivity index (χ0v) is 16.6. The van der Waals surface area contributed by atoms with E-state index in [1.165, 1.54) is 20.2 Å². The Balaban J connectivity index is 1.80. The number of nitrogens with zero attached hydrogens (tertiary/aromatic N) is 4. The van der Waals surface area contributed by atoms with Crippen LogP contribution in [-0.4, -0.2) is 19.5 Å². The van der Waals surface area contributed by atoms with E-state index in [1.54, 1.807) is 0 Å². The summed E-state index contributed by atoms with van der Waals surface area (Å²) in [5.74, 6) is 0.886. The van der Waals surface area contributed by atoms with Crippen LogP contribution in [0.5, 0.6) is 0 Å². The average molecular weight is 402 g/mol. The maximum absolute atomic E-state index is 4.82. The molecular formula is C25H14N4S. The van der Waals surface area contributed by atoms with Crippen molar-refractivity contribution in [1.29, 1.82) is 0 Å². The van der Waals surface area contributed by atoms with Crippen molar-refractivity contribution in [1.82, 2.24) is 19.5 Å². The van der Waals surface area contributed by atoms with Crippen molar-refractivity contribution >= 4 is 64.3 Å². The van der Waals surface area contributed by atoms with Crippen LogP contribution in [0, 0.1) is 0 Å². The summed E-state index contributed by atoms with van der Waals surface area (Å²) < 4.78 is 4.83. The highest BCUT2D eigenvalue weighted by Gasteiger charge is 2.20. The van der Waals surface area contributed by atoms with Gasteiger partial charge in [0.05, 0.1) is 22.1 Å². The number of rotatable bonds is 1. The minimum Gasteiger partial charge on any atom is -0.291 e. The molecule has 140 valence electrons. The van der Waals surface area contributed by atoms with Crippen LogP contribution in [0.3, 0.4) is 0 Å². The van der Waals surface area contributed by atoms with Crippen molar-refractivity contribution in [3.8, 4) is 5.82 Å². The lowest BCUT2D eigenvalue weighted by Gasteiger charge is -2.10. The Morgan fingerprint density at radius 3 is 2.50 bits per heavy atom. The fourth-order valence-electron chi connectivity index (χ4n) is 4.51. The summed E-state index contributed by atoms with van der Waals surface area (Å²) in [6, 6.07) is 23.2. The van der Waals surface area contributed by atoms with Gasteiger partial charge in [-0.05, 0) is 48.5 Å². The van der Waals surface area contributed by atoms with Crippen LogP contribution >= 0.6 is 11.3 Å². The van der Waals surface area contributed by atoms with Crippen molar-refractivity contribution in [3.63, 3.8) is 0 Å². The standard InChI is InChI=1S/C25H14N4S/c1-2-8-20-16(5-1)22-21(30-20)10-9-17-23-19(7-4-13-27-23)29(24(17)22)25-15-6-3-12-26-18(15)11-14-28-25/h1-14H. The van der Waals surface area contributed by atoms with Crippen molar-refractivity contribution in [2.24, 2.45) is 0 Å². The predicted octanol–water partition coefficient (Wildman–Crippen LogP) is 6.49. The second-order valence-electron chi connectivity index (χ2n) is 7.34. The Bertz CT molecular complexity index is 1750. The molecule has 0 saturated carbocycles. The summed E-state index contributed by atoms with van der Waals surface area (Å²) >= 11 is 1.83. The van der Waals surface area contributed by atoms with Gasteiger partial charge in [-0.2, -0.15) is 0 Å². The SMILES string of the molecule is c1ccc2c(c1)sc1ccc3c4ncccc4n(-c4nccc5ncccc45)c3c12. The molecule has 0 unspecified atom stereocenters. The van der Waals surface area contributed by atoms with E-state index in [2.05, 4.69) is 58.1 Å². The van der Waals surface area contributed by atoms with Gasteiger partial charge in [-0.1, -0.05) is 18.2 Å². The molecule has 0 fully saturated rings. The molecule has 5 heterocycles. The Morgan fingerprint density at radius 2 is 1.50 bits per heavy atom. The van der Waals surface area contributed by atoms with Gasteiger partial charge in [0.2, 0.25) is 0 Å². The molecule has 0 spiro atoms. The molecule has 0 atom stereocenters. The molecule has 4 nitrogen and oxygen atoms in total. The highest BCUT2D eigenvalue weighted by molar-refractivity contribution is 7.26. The number of pyridine rings is 3. The molecule has 7 rings (SSSR count). The lowest BCUT2D eigenvalue weighted by atomic mass is 10.1. The molecule has 0 radical (unpaired) electrons. The quantitative estimate of drug-likeness (QED) is 0.315. The molecular weight excluding hydrogens is 388 g/mol. The van der Waals surface area contributed by atoms with Crippen LogP contribution in [0.2, 0.25) is 0 Å². The van der Waals surface area contributed by atoms with E-state index in [4.69, 9.17) is 9.97 Å². The fraction of sp³-hybridized carbons (Fsp3) is 0. The lowest BCUT2D eigenvalue weighted by molar-refractivity contribution is 1.10. The van der Waals surface area contributed by atoms with Crippen molar-refractivity contribution < 1.29 is 0 Å². The lowest BCUT2D eigenvalue weighted by Crippen LogP contribution is -1.99. The fourth-order valence-corrected chi connectivity index (χ4v) is 5.62. The van der Waals surface area contributed by atoms with Crippen molar-refractivity contribution in [2.45, 2.75) is 0 Å². The van der Waals surface area contributed by atoms with Crippen LogP contribution in [0.15, 0.2) is 85.3 Å². The number of hydrogen-bond acceptors (Lipinski definition) is 4. The maximum atomic E-state index is 4.82. The third kappa shape index (κ3) is 2.02. The molecule has 0 bridgehead atoms.